The molecule has 0 bridgehead atoms. The molecule has 0 spiro atoms. The molecule has 0 aromatic carbocycles. The molecule has 0 amide bonds. The van der Waals surface area contributed by atoms with Crippen molar-refractivity contribution in [3.8, 4) is 0 Å². The van der Waals surface area contributed by atoms with Gasteiger partial charge in [0, 0.05) is 6.20 Å². The fourth-order valence-corrected chi connectivity index (χ4v) is 2.25. The molecule has 1 N–H and O–H groups in total. The summed E-state index contributed by atoms with van der Waals surface area (Å²) >= 11 is 0. The third-order valence-corrected chi connectivity index (χ3v) is 3.31. The maximum absolute atomic E-state index is 4.45. The molecule has 3 nitrogen and oxygen atoms in total. The van der Waals surface area contributed by atoms with Gasteiger partial charge in [0.2, 0.25) is 0 Å². The Morgan fingerprint density at radius 2 is 2.06 bits per heavy atom. The van der Waals surface area contributed by atoms with Crippen LogP contribution in [0.1, 0.15) is 39.2 Å². The van der Waals surface area contributed by atoms with Crippen molar-refractivity contribution in [1.82, 2.24) is 15.1 Å². The third-order valence-electron chi connectivity index (χ3n) is 3.31. The summed E-state index contributed by atoms with van der Waals surface area (Å²) in [6.45, 7) is 8.92. The molecule has 1 saturated heterocycles. The Morgan fingerprint density at radius 1 is 1.38 bits per heavy atom. The van der Waals surface area contributed by atoms with Gasteiger partial charge in [-0.15, -0.1) is 0 Å². The van der Waals surface area contributed by atoms with Crippen molar-refractivity contribution < 1.29 is 0 Å². The normalized spacial score (nSPS) is 18.9. The predicted octanol–water partition coefficient (Wildman–Crippen LogP) is 2.18. The van der Waals surface area contributed by atoms with Crippen molar-refractivity contribution in [1.29, 1.82) is 0 Å². The molecule has 16 heavy (non-hydrogen) atoms. The molecule has 0 saturated carbocycles. The number of piperidine rings is 1. The largest absolute Gasteiger partial charge is 0.317 e. The van der Waals surface area contributed by atoms with Gasteiger partial charge in [0.1, 0.15) is 0 Å². The number of rotatable bonds is 2. The molecule has 0 aliphatic carbocycles. The summed E-state index contributed by atoms with van der Waals surface area (Å²) in [6, 6.07) is 0. The van der Waals surface area contributed by atoms with Crippen LogP contribution in [0.3, 0.4) is 0 Å². The van der Waals surface area contributed by atoms with E-state index in [1.807, 2.05) is 6.20 Å². The number of nitrogens with zero attached hydrogens (tertiary/aromatic N) is 2. The Balaban J connectivity index is 1.97. The van der Waals surface area contributed by atoms with Crippen LogP contribution < -0.4 is 5.32 Å². The number of hydrogen-bond donors (Lipinski definition) is 1. The van der Waals surface area contributed by atoms with Gasteiger partial charge in [-0.05, 0) is 64.6 Å². The number of nitrogens with one attached hydrogen (secondary N) is 1. The molecular weight excluding hydrogens is 198 g/mol. The van der Waals surface area contributed by atoms with E-state index in [4.69, 9.17) is 0 Å². The van der Waals surface area contributed by atoms with Crippen molar-refractivity contribution in [2.24, 2.45) is 5.92 Å². The lowest BCUT2D eigenvalue weighted by Crippen LogP contribution is -2.28. The van der Waals surface area contributed by atoms with Crippen LogP contribution in [0, 0.1) is 5.92 Å². The molecule has 0 atom stereocenters. The van der Waals surface area contributed by atoms with E-state index in [0.29, 0.717) is 0 Å². The highest BCUT2D eigenvalue weighted by atomic mass is 15.3. The van der Waals surface area contributed by atoms with Gasteiger partial charge in [0.15, 0.2) is 0 Å². The Morgan fingerprint density at radius 3 is 2.62 bits per heavy atom. The Labute approximate surface area is 98.2 Å². The first kappa shape index (κ1) is 11.6. The molecule has 0 radical (unpaired) electrons. The number of aromatic nitrogens is 2. The zero-order valence-corrected chi connectivity index (χ0v) is 10.7. The molecule has 1 aliphatic rings. The zero-order chi connectivity index (χ0) is 11.6. The van der Waals surface area contributed by atoms with E-state index in [1.165, 1.54) is 37.9 Å². The van der Waals surface area contributed by atoms with Gasteiger partial charge in [-0.3, -0.25) is 4.68 Å². The quantitative estimate of drug-likeness (QED) is 0.829. The summed E-state index contributed by atoms with van der Waals surface area (Å²) in [5.41, 5.74) is 1.49. The van der Waals surface area contributed by atoms with E-state index < -0.39 is 0 Å². The van der Waals surface area contributed by atoms with E-state index in [2.05, 4.69) is 42.1 Å². The van der Waals surface area contributed by atoms with Gasteiger partial charge in [0.25, 0.3) is 0 Å². The Kier molecular flexibility index (Phi) is 3.33. The lowest BCUT2D eigenvalue weighted by Gasteiger charge is -2.22. The second-order valence-electron chi connectivity index (χ2n) is 5.86. The van der Waals surface area contributed by atoms with Crippen LogP contribution in [-0.2, 0) is 12.0 Å². The van der Waals surface area contributed by atoms with Crippen LogP contribution in [0.5, 0.6) is 0 Å². The van der Waals surface area contributed by atoms with Crippen molar-refractivity contribution in [2.75, 3.05) is 13.1 Å². The topological polar surface area (TPSA) is 29.9 Å². The summed E-state index contributed by atoms with van der Waals surface area (Å²) in [5, 5.41) is 7.86. The van der Waals surface area contributed by atoms with Gasteiger partial charge in [0.05, 0.1) is 11.7 Å². The fraction of sp³-hybridized carbons (Fsp3) is 0.769. The average Bonchev–Trinajstić information content (AvgIpc) is 2.67. The smallest absolute Gasteiger partial charge is 0.0543 e. The third kappa shape index (κ3) is 2.85. The Hall–Kier alpha value is -0.830. The van der Waals surface area contributed by atoms with Gasteiger partial charge < -0.3 is 5.32 Å². The summed E-state index contributed by atoms with van der Waals surface area (Å²) in [4.78, 5) is 0. The molecule has 3 heteroatoms. The first-order valence-electron chi connectivity index (χ1n) is 6.30. The summed E-state index contributed by atoms with van der Waals surface area (Å²) in [5.74, 6) is 0.846. The zero-order valence-electron chi connectivity index (χ0n) is 10.7. The standard InChI is InChI=1S/C13H23N3/c1-13(2,3)16-10-12(9-15-16)8-11-4-6-14-7-5-11/h9-11,14H,4-8H2,1-3H3. The minimum Gasteiger partial charge on any atom is -0.317 e. The SMILES string of the molecule is CC(C)(C)n1cc(CC2CCNCC2)cn1. The summed E-state index contributed by atoms with van der Waals surface area (Å²) in [6.07, 6.45) is 8.05. The van der Waals surface area contributed by atoms with E-state index >= 15 is 0 Å². The maximum Gasteiger partial charge on any atom is 0.0543 e. The molecule has 1 aromatic rings. The van der Waals surface area contributed by atoms with Crippen molar-refractivity contribution >= 4 is 0 Å². The highest BCUT2D eigenvalue weighted by Gasteiger charge is 2.17. The second kappa shape index (κ2) is 4.58. The van der Waals surface area contributed by atoms with Crippen LogP contribution in [0.2, 0.25) is 0 Å². The molecule has 1 aromatic heterocycles. The van der Waals surface area contributed by atoms with E-state index in [9.17, 15) is 0 Å². The summed E-state index contributed by atoms with van der Waals surface area (Å²) in [7, 11) is 0. The van der Waals surface area contributed by atoms with Gasteiger partial charge in [-0.1, -0.05) is 0 Å². The average molecular weight is 221 g/mol. The molecule has 90 valence electrons. The molecule has 2 heterocycles. The minimum atomic E-state index is 0.104. The maximum atomic E-state index is 4.45. The molecule has 1 fully saturated rings. The van der Waals surface area contributed by atoms with Crippen LogP contribution in [0.15, 0.2) is 12.4 Å². The van der Waals surface area contributed by atoms with Gasteiger partial charge in [-0.25, -0.2) is 0 Å². The van der Waals surface area contributed by atoms with E-state index in [-0.39, 0.29) is 5.54 Å². The van der Waals surface area contributed by atoms with Crippen LogP contribution >= 0.6 is 0 Å². The first-order valence-corrected chi connectivity index (χ1v) is 6.30. The van der Waals surface area contributed by atoms with Crippen LogP contribution in [0.4, 0.5) is 0 Å². The monoisotopic (exact) mass is 221 g/mol. The van der Waals surface area contributed by atoms with Gasteiger partial charge >= 0.3 is 0 Å². The molecule has 1 aliphatic heterocycles. The first-order chi connectivity index (χ1) is 7.55. The fourth-order valence-electron chi connectivity index (χ4n) is 2.25. The molecule has 0 unspecified atom stereocenters. The van der Waals surface area contributed by atoms with E-state index in [0.717, 1.165) is 5.92 Å². The van der Waals surface area contributed by atoms with Crippen molar-refractivity contribution in [2.45, 2.75) is 45.6 Å². The lowest BCUT2D eigenvalue weighted by molar-refractivity contribution is 0.353. The second-order valence-corrected chi connectivity index (χ2v) is 5.86. The van der Waals surface area contributed by atoms with E-state index in [1.54, 1.807) is 0 Å². The highest BCUT2D eigenvalue weighted by molar-refractivity contribution is 5.06. The minimum absolute atomic E-state index is 0.104. The van der Waals surface area contributed by atoms with Crippen molar-refractivity contribution in [3.63, 3.8) is 0 Å². The van der Waals surface area contributed by atoms with Gasteiger partial charge in [-0.2, -0.15) is 5.10 Å². The molecular formula is C13H23N3. The van der Waals surface area contributed by atoms with Crippen LogP contribution in [-0.4, -0.2) is 22.9 Å². The lowest BCUT2D eigenvalue weighted by atomic mass is 9.92. The number of hydrogen-bond acceptors (Lipinski definition) is 2. The van der Waals surface area contributed by atoms with Crippen LogP contribution in [0.25, 0.3) is 0 Å². The highest BCUT2D eigenvalue weighted by Crippen LogP contribution is 2.19. The summed E-state index contributed by atoms with van der Waals surface area (Å²) < 4.78 is 2.07. The van der Waals surface area contributed by atoms with Crippen molar-refractivity contribution in [3.05, 3.63) is 18.0 Å². The molecule has 2 rings (SSSR count). The predicted molar refractivity (Wildman–Crippen MR) is 66.5 cm³/mol. The Bertz CT molecular complexity index is 329.